The van der Waals surface area contributed by atoms with Crippen LogP contribution >= 0.6 is 0 Å². The highest BCUT2D eigenvalue weighted by molar-refractivity contribution is 5.52. The van der Waals surface area contributed by atoms with E-state index >= 15 is 0 Å². The Morgan fingerprint density at radius 3 is 2.83 bits per heavy atom. The largest absolute Gasteiger partial charge is 0.502 e. The second-order valence-electron chi connectivity index (χ2n) is 3.40. The van der Waals surface area contributed by atoms with Crippen molar-refractivity contribution in [1.29, 1.82) is 0 Å². The first kappa shape index (κ1) is 12.0. The maximum atomic E-state index is 11.6. The average Bonchev–Trinajstić information content (AvgIpc) is 2.65. The summed E-state index contributed by atoms with van der Waals surface area (Å²) >= 11 is 0. The maximum absolute atomic E-state index is 11.6. The number of furan rings is 1. The Kier molecular flexibility index (Phi) is 2.94. The second-order valence-corrected chi connectivity index (χ2v) is 3.40. The number of methoxy groups -OCH3 is 1. The molecule has 0 aliphatic rings. The van der Waals surface area contributed by atoms with Gasteiger partial charge in [-0.25, -0.2) is 9.36 Å². The molecule has 8 heteroatoms. The highest BCUT2D eigenvalue weighted by Gasteiger charge is 2.22. The van der Waals surface area contributed by atoms with Crippen LogP contribution in [-0.4, -0.2) is 21.8 Å². The lowest BCUT2D eigenvalue weighted by atomic mass is 10.4. The molecule has 0 unspecified atom stereocenters. The fraction of sp³-hybridized carbons (Fsp3) is 0.200. The van der Waals surface area contributed by atoms with E-state index in [2.05, 4.69) is 4.98 Å². The van der Waals surface area contributed by atoms with Crippen LogP contribution in [0.25, 0.3) is 5.88 Å². The molecule has 0 saturated heterocycles. The summed E-state index contributed by atoms with van der Waals surface area (Å²) in [4.78, 5) is 24.6. The predicted molar refractivity (Wildman–Crippen MR) is 61.0 cm³/mol. The third-order valence-electron chi connectivity index (χ3n) is 2.33. The number of aromatic amines is 1. The van der Waals surface area contributed by atoms with E-state index < -0.39 is 11.2 Å². The van der Waals surface area contributed by atoms with Crippen LogP contribution in [0.5, 0.6) is 11.5 Å². The number of hydrogen-bond acceptors (Lipinski definition) is 6. The van der Waals surface area contributed by atoms with Crippen LogP contribution in [0, 0.1) is 0 Å². The molecule has 18 heavy (non-hydrogen) atoms. The zero-order valence-corrected chi connectivity index (χ0v) is 9.47. The fourth-order valence-electron chi connectivity index (χ4n) is 1.50. The summed E-state index contributed by atoms with van der Waals surface area (Å²) in [5.41, 5.74) is 4.13. The minimum atomic E-state index is -0.710. The molecular formula is C10H11N3O5. The van der Waals surface area contributed by atoms with Gasteiger partial charge < -0.3 is 20.0 Å². The van der Waals surface area contributed by atoms with Gasteiger partial charge in [0.2, 0.25) is 11.5 Å². The van der Waals surface area contributed by atoms with E-state index in [0.29, 0.717) is 0 Å². The summed E-state index contributed by atoms with van der Waals surface area (Å²) in [6.07, 6.45) is 1.21. The number of aromatic hydroxyl groups is 1. The molecule has 2 aromatic rings. The van der Waals surface area contributed by atoms with Crippen molar-refractivity contribution in [2.24, 2.45) is 5.73 Å². The van der Waals surface area contributed by atoms with E-state index in [9.17, 15) is 14.7 Å². The Labute approximate surface area is 100 Å². The normalized spacial score (nSPS) is 10.6. The van der Waals surface area contributed by atoms with E-state index in [1.807, 2.05) is 0 Å². The fourth-order valence-corrected chi connectivity index (χ4v) is 1.50. The van der Waals surface area contributed by atoms with Gasteiger partial charge in [-0.1, -0.05) is 0 Å². The molecule has 0 spiro atoms. The van der Waals surface area contributed by atoms with E-state index in [4.69, 9.17) is 14.9 Å². The lowest BCUT2D eigenvalue weighted by molar-refractivity contribution is 0.373. The highest BCUT2D eigenvalue weighted by atomic mass is 16.5. The van der Waals surface area contributed by atoms with Crippen molar-refractivity contribution in [3.63, 3.8) is 0 Å². The lowest BCUT2D eigenvalue weighted by Gasteiger charge is -2.02. The molecule has 2 rings (SSSR count). The van der Waals surface area contributed by atoms with Gasteiger partial charge in [0.15, 0.2) is 5.76 Å². The summed E-state index contributed by atoms with van der Waals surface area (Å²) in [6, 6.07) is 1.14. The van der Waals surface area contributed by atoms with Gasteiger partial charge in [-0.2, -0.15) is 0 Å². The number of nitrogens with zero attached hydrogens (tertiary/aromatic N) is 1. The van der Waals surface area contributed by atoms with Gasteiger partial charge >= 0.3 is 5.69 Å². The number of H-pyrrole nitrogens is 1. The van der Waals surface area contributed by atoms with Crippen LogP contribution in [0.2, 0.25) is 0 Å². The zero-order chi connectivity index (χ0) is 13.3. The average molecular weight is 253 g/mol. The Hall–Kier alpha value is -2.48. The molecule has 0 amide bonds. The SMILES string of the molecule is COc1c(-n2ccc(=O)[nH]c2=O)oc(CN)c1O. The Balaban J connectivity index is 2.70. The van der Waals surface area contributed by atoms with Gasteiger partial charge in [0.1, 0.15) is 0 Å². The molecule has 2 heterocycles. The van der Waals surface area contributed by atoms with Crippen LogP contribution in [0.15, 0.2) is 26.3 Å². The Morgan fingerprint density at radius 2 is 2.28 bits per heavy atom. The van der Waals surface area contributed by atoms with Crippen molar-refractivity contribution >= 4 is 0 Å². The van der Waals surface area contributed by atoms with Gasteiger partial charge in [0, 0.05) is 12.3 Å². The van der Waals surface area contributed by atoms with E-state index in [1.54, 1.807) is 0 Å². The van der Waals surface area contributed by atoms with Gasteiger partial charge in [0.05, 0.1) is 13.7 Å². The van der Waals surface area contributed by atoms with E-state index in [0.717, 1.165) is 10.6 Å². The summed E-state index contributed by atoms with van der Waals surface area (Å²) in [7, 11) is 1.31. The van der Waals surface area contributed by atoms with Gasteiger partial charge in [-0.15, -0.1) is 0 Å². The third kappa shape index (κ3) is 1.78. The summed E-state index contributed by atoms with van der Waals surface area (Å²) in [6.45, 7) is -0.0553. The molecule has 0 saturated carbocycles. The van der Waals surface area contributed by atoms with Crippen molar-refractivity contribution in [2.75, 3.05) is 7.11 Å². The molecule has 96 valence electrons. The third-order valence-corrected chi connectivity index (χ3v) is 2.33. The molecule has 4 N–H and O–H groups in total. The van der Waals surface area contributed by atoms with Crippen molar-refractivity contribution in [3.8, 4) is 17.4 Å². The van der Waals surface area contributed by atoms with Crippen LogP contribution < -0.4 is 21.7 Å². The lowest BCUT2D eigenvalue weighted by Crippen LogP contribution is -2.27. The smallest absolute Gasteiger partial charge is 0.335 e. The summed E-state index contributed by atoms with van der Waals surface area (Å²) in [5, 5.41) is 9.73. The van der Waals surface area contributed by atoms with Crippen molar-refractivity contribution < 1.29 is 14.3 Å². The minimum Gasteiger partial charge on any atom is -0.502 e. The van der Waals surface area contributed by atoms with Gasteiger partial charge in [-0.05, 0) is 0 Å². The van der Waals surface area contributed by atoms with Gasteiger partial charge in [-0.3, -0.25) is 9.78 Å². The minimum absolute atomic E-state index is 0.0235. The monoisotopic (exact) mass is 253 g/mol. The molecule has 0 aliphatic carbocycles. The highest BCUT2D eigenvalue weighted by Crippen LogP contribution is 2.38. The molecule has 2 aromatic heterocycles. The van der Waals surface area contributed by atoms with Crippen molar-refractivity contribution in [3.05, 3.63) is 38.9 Å². The predicted octanol–water partition coefficient (Wildman–Crippen LogP) is -0.708. The maximum Gasteiger partial charge on any atom is 0.335 e. The number of rotatable bonds is 3. The van der Waals surface area contributed by atoms with E-state index in [1.165, 1.54) is 13.3 Å². The Bertz CT molecular complexity index is 682. The first-order valence-electron chi connectivity index (χ1n) is 4.99. The molecule has 0 fully saturated rings. The standard InChI is InChI=1S/C10H11N3O5/c1-17-8-7(15)5(4-11)18-9(8)13-3-2-6(14)12-10(13)16/h2-3,15H,4,11H2,1H3,(H,12,14,16). The first-order valence-corrected chi connectivity index (χ1v) is 4.99. The molecule has 0 atom stereocenters. The van der Waals surface area contributed by atoms with E-state index in [-0.39, 0.29) is 29.7 Å². The van der Waals surface area contributed by atoms with Gasteiger partial charge in [0.25, 0.3) is 11.4 Å². The molecule has 0 aliphatic heterocycles. The molecule has 0 aromatic carbocycles. The van der Waals surface area contributed by atoms with Crippen LogP contribution in [0.3, 0.4) is 0 Å². The summed E-state index contributed by atoms with van der Waals surface area (Å²) in [5.74, 6) is -0.255. The summed E-state index contributed by atoms with van der Waals surface area (Å²) < 4.78 is 11.2. The van der Waals surface area contributed by atoms with Crippen LogP contribution in [0.4, 0.5) is 0 Å². The van der Waals surface area contributed by atoms with Crippen molar-refractivity contribution in [2.45, 2.75) is 6.54 Å². The molecule has 0 radical (unpaired) electrons. The number of hydrogen-bond donors (Lipinski definition) is 3. The Morgan fingerprint density at radius 1 is 1.56 bits per heavy atom. The van der Waals surface area contributed by atoms with Crippen LogP contribution in [0.1, 0.15) is 5.76 Å². The number of aromatic nitrogens is 2. The topological polar surface area (TPSA) is 123 Å². The number of nitrogens with two attached hydrogens (primary N) is 1. The molecule has 0 bridgehead atoms. The molecule has 8 nitrogen and oxygen atoms in total. The quantitative estimate of drug-likeness (QED) is 0.664. The number of ether oxygens (including phenoxy) is 1. The van der Waals surface area contributed by atoms with Crippen molar-refractivity contribution in [1.82, 2.24) is 9.55 Å². The first-order chi connectivity index (χ1) is 8.58. The molecular weight excluding hydrogens is 242 g/mol. The van der Waals surface area contributed by atoms with Crippen LogP contribution in [-0.2, 0) is 6.54 Å². The number of nitrogens with one attached hydrogen (secondary N) is 1. The zero-order valence-electron chi connectivity index (χ0n) is 9.47. The second kappa shape index (κ2) is 4.41.